The van der Waals surface area contributed by atoms with Gasteiger partial charge in [-0.1, -0.05) is 68.5 Å². The summed E-state index contributed by atoms with van der Waals surface area (Å²) in [5, 5.41) is 0. The van der Waals surface area contributed by atoms with E-state index in [0.29, 0.717) is 5.41 Å². The van der Waals surface area contributed by atoms with Crippen LogP contribution in [0.15, 0.2) is 72.5 Å². The highest BCUT2D eigenvalue weighted by Crippen LogP contribution is 2.55. The molecule has 2 fully saturated rings. The Kier molecular flexibility index (Phi) is 4.01. The molecule has 21 heavy (non-hydrogen) atoms. The van der Waals surface area contributed by atoms with Gasteiger partial charge in [0, 0.05) is 18.8 Å². The van der Waals surface area contributed by atoms with Crippen molar-refractivity contribution in [3.05, 3.63) is 72.5 Å². The van der Waals surface area contributed by atoms with E-state index in [2.05, 4.69) is 79.5 Å². The van der Waals surface area contributed by atoms with Crippen LogP contribution in [0.5, 0.6) is 0 Å². The zero-order chi connectivity index (χ0) is 14.7. The molecule has 1 heteroatoms. The van der Waals surface area contributed by atoms with Crippen LogP contribution in [0.3, 0.4) is 0 Å². The molecule has 0 aromatic heterocycles. The molecule has 0 N–H and O–H groups in total. The molecule has 2 aliphatic carbocycles. The molecule has 1 nitrogen and oxygen atoms in total. The summed E-state index contributed by atoms with van der Waals surface area (Å²) < 4.78 is 0. The minimum absolute atomic E-state index is 0.448. The fourth-order valence-corrected chi connectivity index (χ4v) is 3.58. The minimum Gasteiger partial charge on any atom is -0.371 e. The minimum atomic E-state index is 0.448. The number of likely N-dealkylation sites (tertiary alicyclic amines) is 1. The number of hydrogen-bond donors (Lipinski definition) is 0. The molecule has 1 saturated carbocycles. The highest BCUT2D eigenvalue weighted by atomic mass is 15.2. The maximum absolute atomic E-state index is 2.56. The summed E-state index contributed by atoms with van der Waals surface area (Å²) in [6, 6.07) is 0. The number of nitrogens with zero attached hydrogens (tertiary/aromatic N) is 1. The Morgan fingerprint density at radius 2 is 1.52 bits per heavy atom. The maximum atomic E-state index is 2.56. The van der Waals surface area contributed by atoms with Crippen molar-refractivity contribution in [3.63, 3.8) is 0 Å². The standard InChI is InChI=1S/C20H25N/c1-20(2)16-21(15-17-14-19(17)20)18-12-10-8-6-4-3-5-7-9-11-13-18/h3-13,17,19H,14-16H2,1-2H3/b4-3-,5-3?,6-4?,7-5-,8-6-,9-7?,10-8?,11-9-,12-10-,13-11?,18-12?,18-13+/t17-,19?/m0/s1. The molecule has 3 aliphatic rings. The van der Waals surface area contributed by atoms with Crippen molar-refractivity contribution >= 4 is 0 Å². The number of allylic oxidation sites excluding steroid dienone is 11. The molecule has 1 aliphatic heterocycles. The molecule has 0 radical (unpaired) electrons. The quantitative estimate of drug-likeness (QED) is 0.675. The van der Waals surface area contributed by atoms with Gasteiger partial charge in [-0.3, -0.25) is 0 Å². The van der Waals surface area contributed by atoms with Gasteiger partial charge in [-0.05, 0) is 35.8 Å². The molecule has 3 rings (SSSR count). The monoisotopic (exact) mass is 279 g/mol. The van der Waals surface area contributed by atoms with Gasteiger partial charge in [-0.25, -0.2) is 0 Å². The van der Waals surface area contributed by atoms with E-state index in [9.17, 15) is 0 Å². The highest BCUT2D eigenvalue weighted by Gasteiger charge is 2.52. The van der Waals surface area contributed by atoms with Crippen LogP contribution in [-0.2, 0) is 0 Å². The van der Waals surface area contributed by atoms with Crippen LogP contribution in [0.25, 0.3) is 0 Å². The summed E-state index contributed by atoms with van der Waals surface area (Å²) in [4.78, 5) is 2.56. The van der Waals surface area contributed by atoms with Gasteiger partial charge >= 0.3 is 0 Å². The Morgan fingerprint density at radius 3 is 2.19 bits per heavy atom. The Balaban J connectivity index is 1.80. The van der Waals surface area contributed by atoms with Gasteiger partial charge in [0.2, 0.25) is 0 Å². The van der Waals surface area contributed by atoms with Crippen LogP contribution in [0.1, 0.15) is 20.3 Å². The third-order valence-corrected chi connectivity index (χ3v) is 4.77. The first-order valence-electron chi connectivity index (χ1n) is 7.97. The molecule has 0 bridgehead atoms. The Bertz CT molecular complexity index is 554. The first-order chi connectivity index (χ1) is 10.2. The molecular formula is C20H25N. The van der Waals surface area contributed by atoms with E-state index in [1.807, 2.05) is 6.08 Å². The summed E-state index contributed by atoms with van der Waals surface area (Å²) in [6.45, 7) is 7.23. The van der Waals surface area contributed by atoms with Gasteiger partial charge < -0.3 is 4.90 Å². The zero-order valence-corrected chi connectivity index (χ0v) is 13.1. The summed E-state index contributed by atoms with van der Waals surface area (Å²) in [5.74, 6) is 1.86. The summed E-state index contributed by atoms with van der Waals surface area (Å²) in [7, 11) is 0. The van der Waals surface area contributed by atoms with Crippen LogP contribution in [0.4, 0.5) is 0 Å². The lowest BCUT2D eigenvalue weighted by molar-refractivity contribution is 0.138. The van der Waals surface area contributed by atoms with E-state index < -0.39 is 0 Å². The summed E-state index contributed by atoms with van der Waals surface area (Å²) in [6.07, 6.45) is 24.7. The van der Waals surface area contributed by atoms with Crippen molar-refractivity contribution in [2.24, 2.45) is 17.3 Å². The molecule has 0 aromatic carbocycles. The second-order valence-electron chi connectivity index (χ2n) is 6.96. The molecule has 0 aromatic rings. The van der Waals surface area contributed by atoms with Gasteiger partial charge in [-0.2, -0.15) is 0 Å². The predicted octanol–water partition coefficient (Wildman–Crippen LogP) is 4.64. The molecule has 2 atom stereocenters. The van der Waals surface area contributed by atoms with Crippen molar-refractivity contribution < 1.29 is 0 Å². The van der Waals surface area contributed by atoms with Gasteiger partial charge in [0.25, 0.3) is 0 Å². The summed E-state index contributed by atoms with van der Waals surface area (Å²) in [5.41, 5.74) is 1.77. The molecule has 0 spiro atoms. The fraction of sp³-hybridized carbons (Fsp3) is 0.400. The van der Waals surface area contributed by atoms with Crippen LogP contribution in [0, 0.1) is 17.3 Å². The third kappa shape index (κ3) is 3.47. The smallest absolute Gasteiger partial charge is 0.0366 e. The van der Waals surface area contributed by atoms with Crippen LogP contribution < -0.4 is 0 Å². The molecule has 1 saturated heterocycles. The Labute approximate surface area is 128 Å². The van der Waals surface area contributed by atoms with Crippen LogP contribution in [0.2, 0.25) is 0 Å². The van der Waals surface area contributed by atoms with Crippen molar-refractivity contribution in [1.82, 2.24) is 4.90 Å². The average Bonchev–Trinajstić information content (AvgIpc) is 3.19. The molecule has 0 amide bonds. The van der Waals surface area contributed by atoms with Gasteiger partial charge in [0.15, 0.2) is 0 Å². The second kappa shape index (κ2) is 5.93. The van der Waals surface area contributed by atoms with E-state index in [-0.39, 0.29) is 0 Å². The van der Waals surface area contributed by atoms with E-state index >= 15 is 0 Å². The van der Waals surface area contributed by atoms with Crippen molar-refractivity contribution in [3.8, 4) is 0 Å². The zero-order valence-electron chi connectivity index (χ0n) is 13.1. The topological polar surface area (TPSA) is 3.24 Å². The lowest BCUT2D eigenvalue weighted by Gasteiger charge is -2.39. The first-order valence-corrected chi connectivity index (χ1v) is 7.97. The Hall–Kier alpha value is -1.76. The fourth-order valence-electron chi connectivity index (χ4n) is 3.58. The van der Waals surface area contributed by atoms with E-state index in [4.69, 9.17) is 0 Å². The number of hydrogen-bond acceptors (Lipinski definition) is 1. The van der Waals surface area contributed by atoms with E-state index in [1.165, 1.54) is 18.7 Å². The molecule has 1 heterocycles. The average molecular weight is 279 g/mol. The molecule has 110 valence electrons. The number of fused-ring (bicyclic) bond motifs is 1. The van der Waals surface area contributed by atoms with Crippen LogP contribution >= 0.6 is 0 Å². The summed E-state index contributed by atoms with van der Waals surface area (Å²) >= 11 is 0. The highest BCUT2D eigenvalue weighted by molar-refractivity contribution is 5.30. The second-order valence-corrected chi connectivity index (χ2v) is 6.96. The normalized spacial score (nSPS) is 40.5. The lowest BCUT2D eigenvalue weighted by atomic mass is 9.83. The first kappa shape index (κ1) is 14.2. The van der Waals surface area contributed by atoms with E-state index in [0.717, 1.165) is 18.4 Å². The van der Waals surface area contributed by atoms with Crippen LogP contribution in [-0.4, -0.2) is 18.0 Å². The molecular weight excluding hydrogens is 254 g/mol. The lowest BCUT2D eigenvalue weighted by Crippen LogP contribution is -2.41. The third-order valence-electron chi connectivity index (χ3n) is 4.77. The largest absolute Gasteiger partial charge is 0.371 e. The predicted molar refractivity (Wildman–Crippen MR) is 90.7 cm³/mol. The van der Waals surface area contributed by atoms with Gasteiger partial charge in [0.05, 0.1) is 0 Å². The van der Waals surface area contributed by atoms with Crippen molar-refractivity contribution in [1.29, 1.82) is 0 Å². The Morgan fingerprint density at radius 1 is 0.905 bits per heavy atom. The van der Waals surface area contributed by atoms with Crippen molar-refractivity contribution in [2.45, 2.75) is 20.3 Å². The SMILES string of the molecule is CC1(C)CN(C2=C/C=C\C=C/C=C\C=C/C=C\2)C[C@@H]2CC21. The van der Waals surface area contributed by atoms with Crippen molar-refractivity contribution in [2.75, 3.05) is 13.1 Å². The number of piperidine rings is 1. The van der Waals surface area contributed by atoms with Gasteiger partial charge in [0.1, 0.15) is 0 Å². The maximum Gasteiger partial charge on any atom is 0.0366 e. The molecule has 1 unspecified atom stereocenters. The van der Waals surface area contributed by atoms with Gasteiger partial charge in [-0.15, -0.1) is 0 Å². The number of rotatable bonds is 1. The van der Waals surface area contributed by atoms with E-state index in [1.54, 1.807) is 0 Å².